The third-order valence-corrected chi connectivity index (χ3v) is 14.2. The van der Waals surface area contributed by atoms with Gasteiger partial charge in [-0.25, -0.2) is 0 Å². The molecule has 0 spiro atoms. The molecule has 1 aliphatic rings. The van der Waals surface area contributed by atoms with Crippen LogP contribution in [0.15, 0.2) is 16.8 Å². The Balaban J connectivity index is 0.000000297. The van der Waals surface area contributed by atoms with Gasteiger partial charge in [-0.1, -0.05) is 0 Å². The van der Waals surface area contributed by atoms with E-state index in [9.17, 15) is 0 Å². The average molecular weight is 520 g/mol. The molecule has 0 aliphatic carbocycles. The molecule has 0 saturated carbocycles. The third-order valence-electron chi connectivity index (χ3n) is 2.84. The van der Waals surface area contributed by atoms with Gasteiger partial charge in [-0.05, 0) is 0 Å². The van der Waals surface area contributed by atoms with Crippen LogP contribution in [0.4, 0.5) is 0 Å². The van der Waals surface area contributed by atoms with Gasteiger partial charge in [-0.15, -0.1) is 0 Å². The first-order valence-electron chi connectivity index (χ1n) is 6.62. The quantitative estimate of drug-likeness (QED) is 0.434. The Bertz CT molecular complexity index is 561. The maximum absolute atomic E-state index is 2.53. The minimum absolute atomic E-state index is 0.417. The summed E-state index contributed by atoms with van der Waals surface area (Å²) in [7, 11) is 0.417. The summed E-state index contributed by atoms with van der Waals surface area (Å²) in [6.45, 7) is 0. The minimum atomic E-state index is -1.84. The van der Waals surface area contributed by atoms with E-state index in [-0.39, 0.29) is 0 Å². The molecule has 2 aromatic rings. The summed E-state index contributed by atoms with van der Waals surface area (Å²) in [5.41, 5.74) is 0. The van der Waals surface area contributed by atoms with Gasteiger partial charge in [-0.3, -0.25) is 0 Å². The van der Waals surface area contributed by atoms with E-state index in [1.165, 1.54) is 0 Å². The fraction of sp³-hybridized carbons (Fsp3) is 0.429. The summed E-state index contributed by atoms with van der Waals surface area (Å²) in [6, 6.07) is 2.34. The summed E-state index contributed by atoms with van der Waals surface area (Å²) in [6.07, 6.45) is 0. The molecule has 2 aromatic heterocycles. The van der Waals surface area contributed by atoms with E-state index in [0.29, 0.717) is 9.52 Å². The van der Waals surface area contributed by atoms with E-state index in [1.807, 2.05) is 22.7 Å². The zero-order chi connectivity index (χ0) is 14.2. The van der Waals surface area contributed by atoms with Crippen LogP contribution in [-0.4, -0.2) is 47.7 Å². The molecular weight excluding hydrogens is 498 g/mol. The predicted molar refractivity (Wildman–Crippen MR) is 100 cm³/mol. The van der Waals surface area contributed by atoms with Crippen molar-refractivity contribution < 1.29 is 0 Å². The normalized spacial score (nSPS) is 13.0. The van der Waals surface area contributed by atoms with Crippen molar-refractivity contribution in [2.75, 3.05) is 0 Å². The van der Waals surface area contributed by atoms with Crippen molar-refractivity contribution in [3.05, 3.63) is 16.8 Å². The number of fused-ring (bicyclic) bond motifs is 3. The first kappa shape index (κ1) is 16.6. The standard InChI is InChI=1S/C8H4S2Si.6CH3.2Sn/c1-3-9-7-5(1)11-6-2-4-10-8(6)7;;;;;;;;/h1,3-4,11H;6*1H3;;. The van der Waals surface area contributed by atoms with Crippen LogP contribution in [0.25, 0.3) is 9.75 Å². The fourth-order valence-corrected chi connectivity index (χ4v) is 16.8. The van der Waals surface area contributed by atoms with E-state index < -0.39 is 38.1 Å². The molecule has 3 heterocycles. The van der Waals surface area contributed by atoms with Crippen molar-refractivity contribution in [2.24, 2.45) is 0 Å². The molecule has 0 N–H and O–H groups in total. The van der Waals surface area contributed by atoms with Crippen molar-refractivity contribution in [3.8, 4) is 9.75 Å². The number of thiophene rings is 2. The van der Waals surface area contributed by atoms with Crippen LogP contribution in [0.5, 0.6) is 0 Å². The Hall–Kier alpha value is 1.21. The SMILES string of the molecule is [CH3][Sn]([CH3])([CH3])[c]1csc2c1[SiH]c1ccsc1-2.[CH3][Sn]([CH3])[CH3]. The molecule has 0 unspecified atom stereocenters. The summed E-state index contributed by atoms with van der Waals surface area (Å²) >= 11 is 1.54. The Morgan fingerprint density at radius 2 is 1.68 bits per heavy atom. The van der Waals surface area contributed by atoms with Crippen molar-refractivity contribution in [3.63, 3.8) is 0 Å². The van der Waals surface area contributed by atoms with Crippen LogP contribution in [0.1, 0.15) is 0 Å². The molecule has 5 heteroatoms. The van der Waals surface area contributed by atoms with Crippen LogP contribution < -0.4 is 14.0 Å². The topological polar surface area (TPSA) is 0 Å². The zero-order valence-corrected chi connectivity index (χ0v) is 21.1. The van der Waals surface area contributed by atoms with Gasteiger partial charge in [0.1, 0.15) is 0 Å². The van der Waals surface area contributed by atoms with Crippen molar-refractivity contribution in [1.29, 1.82) is 0 Å². The van der Waals surface area contributed by atoms with Gasteiger partial charge in [-0.2, -0.15) is 0 Å². The van der Waals surface area contributed by atoms with Gasteiger partial charge < -0.3 is 0 Å². The second-order valence-corrected chi connectivity index (χ2v) is 32.7. The van der Waals surface area contributed by atoms with Crippen LogP contribution in [0.2, 0.25) is 29.6 Å². The first-order chi connectivity index (χ1) is 8.80. The van der Waals surface area contributed by atoms with Crippen LogP contribution in [0.3, 0.4) is 0 Å². The average Bonchev–Trinajstić information content (AvgIpc) is 2.82. The van der Waals surface area contributed by atoms with Crippen LogP contribution in [0, 0.1) is 0 Å². The monoisotopic (exact) mass is 522 g/mol. The number of rotatable bonds is 1. The number of hydrogen-bond donors (Lipinski definition) is 0. The molecule has 0 amide bonds. The van der Waals surface area contributed by atoms with Crippen LogP contribution in [-0.2, 0) is 0 Å². The summed E-state index contributed by atoms with van der Waals surface area (Å²) in [5.74, 6) is 0. The molecule has 0 bridgehead atoms. The molecule has 3 rings (SSSR count). The first-order valence-corrected chi connectivity index (χ1v) is 28.1. The van der Waals surface area contributed by atoms with Crippen molar-refractivity contribution in [2.45, 2.75) is 29.6 Å². The van der Waals surface area contributed by atoms with Crippen molar-refractivity contribution in [1.82, 2.24) is 0 Å². The van der Waals surface area contributed by atoms with Gasteiger partial charge in [0, 0.05) is 0 Å². The molecule has 0 atom stereocenters. The Labute approximate surface area is 139 Å². The van der Waals surface area contributed by atoms with E-state index in [4.69, 9.17) is 0 Å². The van der Waals surface area contributed by atoms with Crippen molar-refractivity contribution >= 4 is 84.3 Å². The molecule has 1 aliphatic heterocycles. The van der Waals surface area contributed by atoms with Gasteiger partial charge in [0.25, 0.3) is 0 Å². The van der Waals surface area contributed by atoms with E-state index in [2.05, 4.69) is 46.5 Å². The van der Waals surface area contributed by atoms with E-state index in [0.717, 1.165) is 0 Å². The summed E-state index contributed by atoms with van der Waals surface area (Å²) in [5, 5.41) is 8.14. The Morgan fingerprint density at radius 3 is 2.26 bits per heavy atom. The molecule has 0 fully saturated rings. The second-order valence-electron chi connectivity index (χ2n) is 6.49. The van der Waals surface area contributed by atoms with Gasteiger partial charge in [0.15, 0.2) is 0 Å². The summed E-state index contributed by atoms with van der Waals surface area (Å²) in [4.78, 5) is 17.9. The van der Waals surface area contributed by atoms with Gasteiger partial charge in [0.2, 0.25) is 0 Å². The zero-order valence-electron chi connectivity index (χ0n) is 12.6. The molecule has 19 heavy (non-hydrogen) atoms. The predicted octanol–water partition coefficient (Wildman–Crippen LogP) is 3.09. The third kappa shape index (κ3) is 3.90. The molecule has 0 nitrogen and oxygen atoms in total. The van der Waals surface area contributed by atoms with Gasteiger partial charge >= 0.3 is 141 Å². The Morgan fingerprint density at radius 1 is 1.05 bits per heavy atom. The number of hydrogen-bond acceptors (Lipinski definition) is 2. The maximum atomic E-state index is 2.53. The molecule has 0 saturated heterocycles. The second kappa shape index (κ2) is 6.54. The fourth-order valence-electron chi connectivity index (χ4n) is 2.04. The molecule has 102 valence electrons. The Kier molecular flexibility index (Phi) is 5.71. The molecule has 0 aromatic carbocycles. The van der Waals surface area contributed by atoms with Crippen LogP contribution >= 0.6 is 22.7 Å². The van der Waals surface area contributed by atoms with E-state index >= 15 is 0 Å². The van der Waals surface area contributed by atoms with Gasteiger partial charge in [0.05, 0.1) is 0 Å². The van der Waals surface area contributed by atoms with E-state index in [1.54, 1.807) is 23.7 Å². The molecular formula is C14H22S2SiSn2. The molecule has 2 radical (unpaired) electrons. The summed E-state index contributed by atoms with van der Waals surface area (Å²) < 4.78 is 1.79.